The summed E-state index contributed by atoms with van der Waals surface area (Å²) in [5.74, 6) is -8.99. The number of ether oxygens (including phenoxy) is 5. The first-order valence-corrected chi connectivity index (χ1v) is 14.8. The first-order chi connectivity index (χ1) is 20.5. The van der Waals surface area contributed by atoms with Crippen LogP contribution in [0.25, 0.3) is 0 Å². The third kappa shape index (κ3) is 4.42. The maximum absolute atomic E-state index is 13.9. The molecule has 11 atom stereocenters. The molecule has 6 rings (SSSR count). The van der Waals surface area contributed by atoms with E-state index in [0.29, 0.717) is 5.57 Å². The smallest absolute Gasteiger partial charge is 0.338 e. The lowest BCUT2D eigenvalue weighted by molar-refractivity contribution is -0.411. The van der Waals surface area contributed by atoms with Crippen molar-refractivity contribution in [2.45, 2.75) is 83.3 Å². The van der Waals surface area contributed by atoms with Gasteiger partial charge in [-0.15, -0.1) is 0 Å². The van der Waals surface area contributed by atoms with Crippen molar-refractivity contribution in [1.29, 1.82) is 0 Å². The van der Waals surface area contributed by atoms with Gasteiger partial charge in [0.15, 0.2) is 5.60 Å². The molecule has 1 spiro atoms. The lowest BCUT2D eigenvalue weighted by Crippen LogP contribution is -2.77. The molecule has 0 aromatic heterocycles. The molecule has 11 nitrogen and oxygen atoms in total. The standard InChI is InChI=1S/C33H40O11/c1-17(2)23-13-14-24(41-19(4)34)31-16-40-33(39,30(7,38)27(23)31)32(44-21(6)36)15-18(3)26(42-20(5)35)25(32)28(31)43-29(37)22-11-9-8-10-12-22/h8-14,18,23-28,38-39H,1,15-16H2,2-7H3/t18-,23+,24+,25+,26-,27-,28+,30-,31+,32+,33-/m0/s1. The van der Waals surface area contributed by atoms with Crippen molar-refractivity contribution in [2.24, 2.45) is 29.1 Å². The van der Waals surface area contributed by atoms with Crippen LogP contribution in [0.1, 0.15) is 58.3 Å². The van der Waals surface area contributed by atoms with Crippen LogP contribution in [0, 0.1) is 29.1 Å². The van der Waals surface area contributed by atoms with E-state index in [1.807, 2.05) is 0 Å². The SMILES string of the molecule is C=C(C)[C@H]1C=C[C@@H](OC(C)=O)[C@]23CO[C@@](O)([C@@](C)(O)[C@H]12)[C@@]1(OC(C)=O)C[C@H](C)[C@H](OC(C)=O)[C@@H]1[C@H]3OC(=O)c1ccccc1. The first-order valence-electron chi connectivity index (χ1n) is 14.8. The van der Waals surface area contributed by atoms with E-state index in [2.05, 4.69) is 6.58 Å². The summed E-state index contributed by atoms with van der Waals surface area (Å²) in [5, 5.41) is 25.4. The molecule has 0 amide bonds. The van der Waals surface area contributed by atoms with E-state index in [4.69, 9.17) is 23.7 Å². The predicted octanol–water partition coefficient (Wildman–Crippen LogP) is 2.88. The molecule has 2 aliphatic heterocycles. The number of hydrogen-bond donors (Lipinski definition) is 2. The van der Waals surface area contributed by atoms with Crippen LogP contribution in [0.3, 0.4) is 0 Å². The summed E-state index contributed by atoms with van der Waals surface area (Å²) in [6.07, 6.45) is -0.357. The van der Waals surface area contributed by atoms with Gasteiger partial charge in [0.25, 0.3) is 0 Å². The van der Waals surface area contributed by atoms with Gasteiger partial charge in [0.1, 0.15) is 23.9 Å². The molecule has 44 heavy (non-hydrogen) atoms. The van der Waals surface area contributed by atoms with E-state index < -0.39 is 88.3 Å². The van der Waals surface area contributed by atoms with Gasteiger partial charge in [0.2, 0.25) is 5.79 Å². The number of allylic oxidation sites excluding steroid dienone is 2. The lowest BCUT2D eigenvalue weighted by Gasteiger charge is -2.62. The highest BCUT2D eigenvalue weighted by atomic mass is 16.7. The van der Waals surface area contributed by atoms with Gasteiger partial charge in [-0.25, -0.2) is 4.79 Å². The van der Waals surface area contributed by atoms with E-state index in [9.17, 15) is 29.4 Å². The average Bonchev–Trinajstić information content (AvgIpc) is 3.14. The number of carbonyl (C=O) groups is 4. The fourth-order valence-electron chi connectivity index (χ4n) is 8.62. The van der Waals surface area contributed by atoms with Crippen molar-refractivity contribution in [1.82, 2.24) is 0 Å². The molecule has 2 saturated heterocycles. The molecule has 3 aliphatic carbocycles. The molecule has 2 bridgehead atoms. The second kappa shape index (κ2) is 10.8. The minimum absolute atomic E-state index is 0.118. The van der Waals surface area contributed by atoms with Crippen molar-refractivity contribution in [2.75, 3.05) is 6.61 Å². The van der Waals surface area contributed by atoms with Gasteiger partial charge in [-0.2, -0.15) is 0 Å². The summed E-state index contributed by atoms with van der Waals surface area (Å²) in [6.45, 7) is 12.2. The van der Waals surface area contributed by atoms with Crippen LogP contribution in [0.15, 0.2) is 54.6 Å². The summed E-state index contributed by atoms with van der Waals surface area (Å²) in [5.41, 5.74) is -5.09. The largest absolute Gasteiger partial charge is 0.462 e. The summed E-state index contributed by atoms with van der Waals surface area (Å²) >= 11 is 0. The zero-order chi connectivity index (χ0) is 32.4. The highest BCUT2D eigenvalue weighted by molar-refractivity contribution is 5.89. The summed E-state index contributed by atoms with van der Waals surface area (Å²) in [4.78, 5) is 51.9. The van der Waals surface area contributed by atoms with E-state index in [-0.39, 0.29) is 18.6 Å². The molecule has 0 radical (unpaired) electrons. The Morgan fingerprint density at radius 2 is 1.57 bits per heavy atom. The molecular weight excluding hydrogens is 572 g/mol. The third-order valence-electron chi connectivity index (χ3n) is 10.0. The molecule has 1 aromatic rings. The number of aliphatic hydroxyl groups is 2. The van der Waals surface area contributed by atoms with Gasteiger partial charge in [-0.05, 0) is 44.4 Å². The maximum atomic E-state index is 13.9. The number of hydrogen-bond acceptors (Lipinski definition) is 11. The highest BCUT2D eigenvalue weighted by Crippen LogP contribution is 2.70. The highest BCUT2D eigenvalue weighted by Gasteiger charge is 2.86. The number of benzene rings is 1. The van der Waals surface area contributed by atoms with Crippen LogP contribution in [0.2, 0.25) is 0 Å². The van der Waals surface area contributed by atoms with Crippen LogP contribution < -0.4 is 0 Å². The van der Waals surface area contributed by atoms with Crippen LogP contribution >= 0.6 is 0 Å². The molecule has 5 aliphatic rings. The molecule has 11 heteroatoms. The van der Waals surface area contributed by atoms with Gasteiger partial charge in [0.05, 0.1) is 23.5 Å². The topological polar surface area (TPSA) is 155 Å². The normalized spacial score (nSPS) is 41.9. The minimum Gasteiger partial charge on any atom is -0.462 e. The lowest BCUT2D eigenvalue weighted by atomic mass is 9.52. The van der Waals surface area contributed by atoms with Crippen molar-refractivity contribution >= 4 is 23.9 Å². The fraction of sp³-hybridized carbons (Fsp3) is 0.576. The molecule has 0 unspecified atom stereocenters. The Labute approximate surface area is 256 Å². The number of fused-ring (bicyclic) bond motifs is 1. The Morgan fingerprint density at radius 1 is 0.932 bits per heavy atom. The number of carbonyl (C=O) groups excluding carboxylic acids is 4. The Morgan fingerprint density at radius 3 is 2.14 bits per heavy atom. The Balaban J connectivity index is 1.89. The van der Waals surface area contributed by atoms with Crippen molar-refractivity contribution in [3.05, 3.63) is 60.2 Å². The molecule has 2 N–H and O–H groups in total. The first kappa shape index (κ1) is 31.9. The summed E-state index contributed by atoms with van der Waals surface area (Å²) in [6, 6.07) is 8.19. The second-order valence-electron chi connectivity index (χ2n) is 12.9. The second-order valence-corrected chi connectivity index (χ2v) is 12.9. The van der Waals surface area contributed by atoms with E-state index in [1.54, 1.807) is 56.3 Å². The zero-order valence-electron chi connectivity index (χ0n) is 25.8. The molecule has 238 valence electrons. The van der Waals surface area contributed by atoms with Crippen LogP contribution in [0.4, 0.5) is 0 Å². The maximum Gasteiger partial charge on any atom is 0.338 e. The van der Waals surface area contributed by atoms with E-state index in [1.165, 1.54) is 20.8 Å². The third-order valence-corrected chi connectivity index (χ3v) is 10.0. The van der Waals surface area contributed by atoms with E-state index in [0.717, 1.165) is 6.92 Å². The Kier molecular flexibility index (Phi) is 7.83. The zero-order valence-corrected chi connectivity index (χ0v) is 25.8. The Bertz CT molecular complexity index is 1400. The summed E-state index contributed by atoms with van der Waals surface area (Å²) in [7, 11) is 0. The fourth-order valence-corrected chi connectivity index (χ4v) is 8.62. The van der Waals surface area contributed by atoms with Crippen LogP contribution in [-0.2, 0) is 38.1 Å². The molecule has 1 aromatic carbocycles. The molecule has 4 fully saturated rings. The van der Waals surface area contributed by atoms with Gasteiger partial charge >= 0.3 is 23.9 Å². The molecular formula is C33H40O11. The molecule has 2 saturated carbocycles. The Hall–Kier alpha value is -3.54. The van der Waals surface area contributed by atoms with Crippen LogP contribution in [-0.4, -0.2) is 76.0 Å². The number of rotatable bonds is 6. The summed E-state index contributed by atoms with van der Waals surface area (Å²) < 4.78 is 30.5. The minimum atomic E-state index is -2.60. The van der Waals surface area contributed by atoms with Crippen molar-refractivity contribution in [3.8, 4) is 0 Å². The van der Waals surface area contributed by atoms with Gasteiger partial charge in [-0.3, -0.25) is 14.4 Å². The molecule has 2 heterocycles. The van der Waals surface area contributed by atoms with Crippen LogP contribution in [0.5, 0.6) is 0 Å². The average molecular weight is 613 g/mol. The quantitative estimate of drug-likeness (QED) is 0.277. The predicted molar refractivity (Wildman–Crippen MR) is 153 cm³/mol. The van der Waals surface area contributed by atoms with Crippen molar-refractivity contribution < 1.29 is 53.1 Å². The number of esters is 4. The van der Waals surface area contributed by atoms with Gasteiger partial charge < -0.3 is 33.9 Å². The van der Waals surface area contributed by atoms with Gasteiger partial charge in [-0.1, -0.05) is 43.4 Å². The van der Waals surface area contributed by atoms with Crippen molar-refractivity contribution in [3.63, 3.8) is 0 Å². The van der Waals surface area contributed by atoms with Gasteiger partial charge in [0, 0.05) is 32.6 Å². The monoisotopic (exact) mass is 612 g/mol. The van der Waals surface area contributed by atoms with E-state index >= 15 is 0 Å².